The van der Waals surface area contributed by atoms with Gasteiger partial charge in [0.15, 0.2) is 0 Å². The van der Waals surface area contributed by atoms with Gasteiger partial charge < -0.3 is 4.74 Å². The highest BCUT2D eigenvalue weighted by atomic mass is 16.6. The zero-order valence-electron chi connectivity index (χ0n) is 15.4. The van der Waals surface area contributed by atoms with Crippen LogP contribution in [-0.4, -0.2) is 11.9 Å². The van der Waals surface area contributed by atoms with Gasteiger partial charge in [-0.3, -0.25) is 9.59 Å². The fourth-order valence-corrected chi connectivity index (χ4v) is 3.31. The summed E-state index contributed by atoms with van der Waals surface area (Å²) in [5, 5.41) is 0. The average molecular weight is 325 g/mol. The lowest BCUT2D eigenvalue weighted by Crippen LogP contribution is -2.07. The molecule has 0 spiro atoms. The second-order valence-corrected chi connectivity index (χ2v) is 7.59. The molecule has 134 valence electrons. The second kappa shape index (κ2) is 11.6. The molecule has 0 aromatic rings. The number of hydrogen-bond donors (Lipinski definition) is 0. The van der Waals surface area contributed by atoms with Gasteiger partial charge in [0, 0.05) is 0 Å². The summed E-state index contributed by atoms with van der Waals surface area (Å²) < 4.78 is 4.58. The van der Waals surface area contributed by atoms with Gasteiger partial charge in [-0.05, 0) is 18.3 Å². The standard InChI is InChI=1S/C20H36O3/c1-4-16(2)11-7-5-8-12-17(3)13-9-6-10-14-18-15-19(21)23-20(18)22/h16-18H,4-15H2,1-3H3. The van der Waals surface area contributed by atoms with E-state index in [0.29, 0.717) is 6.42 Å². The molecule has 1 fully saturated rings. The van der Waals surface area contributed by atoms with Crippen molar-refractivity contribution in [2.45, 2.75) is 97.8 Å². The minimum absolute atomic E-state index is 0.162. The Morgan fingerprint density at radius 1 is 0.913 bits per heavy atom. The van der Waals surface area contributed by atoms with Gasteiger partial charge in [0.2, 0.25) is 0 Å². The van der Waals surface area contributed by atoms with E-state index in [0.717, 1.165) is 31.1 Å². The third-order valence-corrected chi connectivity index (χ3v) is 5.30. The summed E-state index contributed by atoms with van der Waals surface area (Å²) in [5.41, 5.74) is 0. The van der Waals surface area contributed by atoms with Crippen molar-refractivity contribution in [1.29, 1.82) is 0 Å². The van der Waals surface area contributed by atoms with Crippen molar-refractivity contribution in [3.8, 4) is 0 Å². The molecule has 3 heteroatoms. The monoisotopic (exact) mass is 324 g/mol. The van der Waals surface area contributed by atoms with Gasteiger partial charge in [-0.2, -0.15) is 0 Å². The van der Waals surface area contributed by atoms with Crippen molar-refractivity contribution in [1.82, 2.24) is 0 Å². The summed E-state index contributed by atoms with van der Waals surface area (Å²) in [7, 11) is 0. The molecule has 3 unspecified atom stereocenters. The summed E-state index contributed by atoms with van der Waals surface area (Å²) >= 11 is 0. The Labute approximate surface area is 142 Å². The first kappa shape index (κ1) is 20.2. The zero-order valence-corrected chi connectivity index (χ0v) is 15.4. The second-order valence-electron chi connectivity index (χ2n) is 7.59. The van der Waals surface area contributed by atoms with E-state index in [9.17, 15) is 9.59 Å². The molecule has 0 aromatic heterocycles. The van der Waals surface area contributed by atoms with Gasteiger partial charge in [-0.25, -0.2) is 0 Å². The first-order valence-electron chi connectivity index (χ1n) is 9.77. The molecule has 0 saturated carbocycles. The molecule has 3 nitrogen and oxygen atoms in total. The molecule has 3 atom stereocenters. The highest BCUT2D eigenvalue weighted by molar-refractivity contribution is 5.94. The van der Waals surface area contributed by atoms with E-state index in [1.165, 1.54) is 51.4 Å². The molecule has 1 rings (SSSR count). The summed E-state index contributed by atoms with van der Waals surface area (Å²) in [4.78, 5) is 22.3. The Balaban J connectivity index is 1.91. The van der Waals surface area contributed by atoms with Crippen LogP contribution in [-0.2, 0) is 14.3 Å². The number of carbonyl (C=O) groups excluding carboxylic acids is 2. The molecule has 1 heterocycles. The van der Waals surface area contributed by atoms with E-state index < -0.39 is 0 Å². The van der Waals surface area contributed by atoms with Crippen LogP contribution in [0.15, 0.2) is 0 Å². The van der Waals surface area contributed by atoms with Crippen LogP contribution < -0.4 is 0 Å². The van der Waals surface area contributed by atoms with Crippen molar-refractivity contribution in [3.05, 3.63) is 0 Å². The molecule has 0 amide bonds. The van der Waals surface area contributed by atoms with Crippen molar-refractivity contribution < 1.29 is 14.3 Å². The van der Waals surface area contributed by atoms with Gasteiger partial charge in [-0.15, -0.1) is 0 Å². The smallest absolute Gasteiger partial charge is 0.317 e. The average Bonchev–Trinajstić information content (AvgIpc) is 2.84. The van der Waals surface area contributed by atoms with E-state index >= 15 is 0 Å². The van der Waals surface area contributed by atoms with Crippen LogP contribution in [0.1, 0.15) is 97.8 Å². The van der Waals surface area contributed by atoms with E-state index in [4.69, 9.17) is 0 Å². The number of rotatable bonds is 13. The highest BCUT2D eigenvalue weighted by Gasteiger charge is 2.32. The largest absolute Gasteiger partial charge is 0.393 e. The van der Waals surface area contributed by atoms with Gasteiger partial charge in [0.05, 0.1) is 12.3 Å². The van der Waals surface area contributed by atoms with E-state index in [1.54, 1.807) is 0 Å². The molecule has 0 aromatic carbocycles. The number of esters is 2. The molecule has 0 bridgehead atoms. The Kier molecular flexibility index (Phi) is 10.2. The number of ether oxygens (including phenoxy) is 1. The maximum absolute atomic E-state index is 11.3. The quantitative estimate of drug-likeness (QED) is 0.249. The minimum Gasteiger partial charge on any atom is -0.393 e. The lowest BCUT2D eigenvalue weighted by molar-refractivity contribution is -0.153. The highest BCUT2D eigenvalue weighted by Crippen LogP contribution is 2.23. The predicted molar refractivity (Wildman–Crippen MR) is 94.0 cm³/mol. The van der Waals surface area contributed by atoms with Gasteiger partial charge in [0.25, 0.3) is 0 Å². The Morgan fingerprint density at radius 3 is 2.00 bits per heavy atom. The van der Waals surface area contributed by atoms with Crippen LogP contribution in [0.5, 0.6) is 0 Å². The number of unbranched alkanes of at least 4 members (excludes halogenated alkanes) is 4. The lowest BCUT2D eigenvalue weighted by Gasteiger charge is -2.12. The Morgan fingerprint density at radius 2 is 1.48 bits per heavy atom. The molecular formula is C20H36O3. The van der Waals surface area contributed by atoms with E-state index in [-0.39, 0.29) is 17.9 Å². The summed E-state index contributed by atoms with van der Waals surface area (Å²) in [5.74, 6) is 0.893. The third-order valence-electron chi connectivity index (χ3n) is 5.30. The number of hydrogen-bond acceptors (Lipinski definition) is 3. The van der Waals surface area contributed by atoms with Gasteiger partial charge in [0.1, 0.15) is 0 Å². The predicted octanol–water partition coefficient (Wildman–Crippen LogP) is 5.66. The fraction of sp³-hybridized carbons (Fsp3) is 0.900. The van der Waals surface area contributed by atoms with Crippen LogP contribution in [0.2, 0.25) is 0 Å². The number of cyclic esters (lactones) is 2. The molecule has 1 aliphatic heterocycles. The molecule has 23 heavy (non-hydrogen) atoms. The molecule has 0 radical (unpaired) electrons. The topological polar surface area (TPSA) is 43.4 Å². The number of carbonyl (C=O) groups is 2. The summed E-state index contributed by atoms with van der Waals surface area (Å²) in [6, 6.07) is 0. The maximum atomic E-state index is 11.3. The molecule has 0 N–H and O–H groups in total. The maximum Gasteiger partial charge on any atom is 0.317 e. The minimum atomic E-state index is -0.345. The lowest BCUT2D eigenvalue weighted by atomic mass is 9.94. The van der Waals surface area contributed by atoms with Crippen molar-refractivity contribution >= 4 is 11.9 Å². The molecule has 1 aliphatic rings. The zero-order chi connectivity index (χ0) is 17.1. The van der Waals surface area contributed by atoms with Crippen LogP contribution in [0.4, 0.5) is 0 Å². The molecule has 1 saturated heterocycles. The Bertz CT molecular complexity index is 351. The first-order valence-corrected chi connectivity index (χ1v) is 9.77. The summed E-state index contributed by atoms with van der Waals surface area (Å²) in [6.45, 7) is 6.99. The molecular weight excluding hydrogens is 288 g/mol. The van der Waals surface area contributed by atoms with Crippen molar-refractivity contribution in [3.63, 3.8) is 0 Å². The third kappa shape index (κ3) is 9.12. The van der Waals surface area contributed by atoms with Gasteiger partial charge >= 0.3 is 11.9 Å². The fourth-order valence-electron chi connectivity index (χ4n) is 3.31. The molecule has 0 aliphatic carbocycles. The normalized spacial score (nSPS) is 20.6. The SMILES string of the molecule is CCC(C)CCCCCC(C)CCCCCC1CC(=O)OC1=O. The Hall–Kier alpha value is -0.860. The van der Waals surface area contributed by atoms with E-state index in [1.807, 2.05) is 0 Å². The summed E-state index contributed by atoms with van der Waals surface area (Å²) in [6.07, 6.45) is 14.0. The van der Waals surface area contributed by atoms with E-state index in [2.05, 4.69) is 25.5 Å². The van der Waals surface area contributed by atoms with Crippen LogP contribution >= 0.6 is 0 Å². The van der Waals surface area contributed by atoms with Crippen LogP contribution in [0.25, 0.3) is 0 Å². The van der Waals surface area contributed by atoms with Crippen molar-refractivity contribution in [2.75, 3.05) is 0 Å². The first-order chi connectivity index (χ1) is 11.0. The van der Waals surface area contributed by atoms with Crippen molar-refractivity contribution in [2.24, 2.45) is 17.8 Å². The van der Waals surface area contributed by atoms with Gasteiger partial charge in [-0.1, -0.05) is 85.0 Å². The van der Waals surface area contributed by atoms with Crippen LogP contribution in [0.3, 0.4) is 0 Å². The van der Waals surface area contributed by atoms with Crippen LogP contribution in [0, 0.1) is 17.8 Å².